The van der Waals surface area contributed by atoms with Crippen molar-refractivity contribution in [2.24, 2.45) is 0 Å². The number of aromatic amines is 1. The van der Waals surface area contributed by atoms with E-state index in [0.29, 0.717) is 22.0 Å². The first kappa shape index (κ1) is 12.7. The van der Waals surface area contributed by atoms with Crippen LogP contribution >= 0.6 is 11.6 Å². The lowest BCUT2D eigenvalue weighted by Crippen LogP contribution is -2.02. The summed E-state index contributed by atoms with van der Waals surface area (Å²) < 4.78 is 5.08. The van der Waals surface area contributed by atoms with E-state index >= 15 is 0 Å². The van der Waals surface area contributed by atoms with Crippen LogP contribution in [0.4, 0.5) is 0 Å². The molecule has 2 aromatic carbocycles. The molecule has 0 aliphatic carbocycles. The second-order valence-electron chi connectivity index (χ2n) is 4.32. The molecule has 0 saturated heterocycles. The molecule has 1 heterocycles. The van der Waals surface area contributed by atoms with Crippen molar-refractivity contribution in [2.75, 3.05) is 7.11 Å². The van der Waals surface area contributed by atoms with Gasteiger partial charge in [0.1, 0.15) is 11.4 Å². The Hall–Kier alpha value is -2.33. The first-order valence-corrected chi connectivity index (χ1v) is 6.39. The van der Waals surface area contributed by atoms with E-state index in [4.69, 9.17) is 16.3 Å². The standard InChI is InChI=1S/C15H11ClN2O2/c1-20-11-5-2-9(3-6-11)15(19)14-12-8-10(16)4-7-13(12)17-18-14/h2-8H,1H3,(H,17,18). The number of carbonyl (C=O) groups is 1. The summed E-state index contributed by atoms with van der Waals surface area (Å²) in [5.74, 6) is 0.553. The Bertz CT molecular complexity index is 778. The molecule has 0 unspecified atom stereocenters. The molecule has 0 saturated carbocycles. The smallest absolute Gasteiger partial charge is 0.213 e. The zero-order valence-electron chi connectivity index (χ0n) is 10.7. The van der Waals surface area contributed by atoms with E-state index in [1.54, 1.807) is 49.6 Å². The predicted octanol–water partition coefficient (Wildman–Crippen LogP) is 3.46. The molecular formula is C15H11ClN2O2. The van der Waals surface area contributed by atoms with E-state index in [2.05, 4.69) is 10.2 Å². The van der Waals surface area contributed by atoms with E-state index < -0.39 is 0 Å². The number of nitrogens with zero attached hydrogens (tertiary/aromatic N) is 1. The topological polar surface area (TPSA) is 55.0 Å². The third-order valence-corrected chi connectivity index (χ3v) is 3.33. The van der Waals surface area contributed by atoms with Crippen molar-refractivity contribution in [2.45, 2.75) is 0 Å². The summed E-state index contributed by atoms with van der Waals surface area (Å²) in [5, 5.41) is 8.22. The lowest BCUT2D eigenvalue weighted by molar-refractivity contribution is 0.103. The summed E-state index contributed by atoms with van der Waals surface area (Å²) in [7, 11) is 1.58. The summed E-state index contributed by atoms with van der Waals surface area (Å²) >= 11 is 5.97. The van der Waals surface area contributed by atoms with E-state index in [9.17, 15) is 4.79 Å². The molecule has 1 N–H and O–H groups in total. The minimum Gasteiger partial charge on any atom is -0.497 e. The molecule has 0 radical (unpaired) electrons. The van der Waals surface area contributed by atoms with Gasteiger partial charge in [-0.2, -0.15) is 5.10 Å². The average molecular weight is 287 g/mol. The lowest BCUT2D eigenvalue weighted by atomic mass is 10.1. The van der Waals surface area contributed by atoms with Crippen molar-refractivity contribution in [3.05, 3.63) is 58.7 Å². The van der Waals surface area contributed by atoms with Gasteiger partial charge < -0.3 is 4.74 Å². The van der Waals surface area contributed by atoms with Crippen LogP contribution in [-0.2, 0) is 0 Å². The minimum atomic E-state index is -0.152. The molecule has 100 valence electrons. The molecule has 3 rings (SSSR count). The van der Waals surface area contributed by atoms with Crippen LogP contribution in [0.3, 0.4) is 0 Å². The maximum absolute atomic E-state index is 12.5. The Balaban J connectivity index is 2.05. The van der Waals surface area contributed by atoms with Gasteiger partial charge in [-0.15, -0.1) is 0 Å². The second kappa shape index (κ2) is 4.98. The quantitative estimate of drug-likeness (QED) is 0.750. The number of benzene rings is 2. The molecule has 20 heavy (non-hydrogen) atoms. The SMILES string of the molecule is COc1ccc(C(=O)c2n[nH]c3ccc(Cl)cc23)cc1. The number of H-pyrrole nitrogens is 1. The molecule has 0 bridgehead atoms. The summed E-state index contributed by atoms with van der Waals surface area (Å²) in [5.41, 5.74) is 1.71. The third-order valence-electron chi connectivity index (χ3n) is 3.09. The number of fused-ring (bicyclic) bond motifs is 1. The van der Waals surface area contributed by atoms with Gasteiger partial charge in [-0.1, -0.05) is 11.6 Å². The molecule has 0 fully saturated rings. The van der Waals surface area contributed by atoms with Crippen molar-refractivity contribution in [1.82, 2.24) is 10.2 Å². The monoisotopic (exact) mass is 286 g/mol. The van der Waals surface area contributed by atoms with Crippen molar-refractivity contribution in [3.8, 4) is 5.75 Å². The van der Waals surface area contributed by atoms with E-state index in [0.717, 1.165) is 10.9 Å². The number of ketones is 1. The number of nitrogens with one attached hydrogen (secondary N) is 1. The highest BCUT2D eigenvalue weighted by Crippen LogP contribution is 2.23. The molecular weight excluding hydrogens is 276 g/mol. The fourth-order valence-electron chi connectivity index (χ4n) is 2.04. The number of halogens is 1. The molecule has 0 spiro atoms. The lowest BCUT2D eigenvalue weighted by Gasteiger charge is -2.01. The Morgan fingerprint density at radius 3 is 2.65 bits per heavy atom. The molecule has 0 atom stereocenters. The molecule has 0 aliphatic heterocycles. The number of hydrogen-bond donors (Lipinski definition) is 1. The fourth-order valence-corrected chi connectivity index (χ4v) is 2.21. The fraction of sp³-hybridized carbons (Fsp3) is 0.0667. The van der Waals surface area contributed by atoms with E-state index in [1.807, 2.05) is 0 Å². The summed E-state index contributed by atoms with van der Waals surface area (Å²) in [6.45, 7) is 0. The van der Waals surface area contributed by atoms with Crippen LogP contribution in [0, 0.1) is 0 Å². The van der Waals surface area contributed by atoms with E-state index in [1.165, 1.54) is 0 Å². The Morgan fingerprint density at radius 1 is 1.20 bits per heavy atom. The molecule has 0 amide bonds. The number of ether oxygens (including phenoxy) is 1. The highest BCUT2D eigenvalue weighted by atomic mass is 35.5. The number of carbonyl (C=O) groups excluding carboxylic acids is 1. The first-order chi connectivity index (χ1) is 9.69. The predicted molar refractivity (Wildman–Crippen MR) is 77.5 cm³/mol. The Labute approximate surface area is 120 Å². The van der Waals surface area contributed by atoms with Crippen molar-refractivity contribution >= 4 is 28.3 Å². The normalized spacial score (nSPS) is 10.7. The second-order valence-corrected chi connectivity index (χ2v) is 4.76. The Morgan fingerprint density at radius 2 is 1.95 bits per heavy atom. The maximum atomic E-state index is 12.5. The van der Waals surface area contributed by atoms with Crippen LogP contribution in [0.15, 0.2) is 42.5 Å². The summed E-state index contributed by atoms with van der Waals surface area (Å²) in [4.78, 5) is 12.5. The number of aromatic nitrogens is 2. The van der Waals surface area contributed by atoms with Crippen molar-refractivity contribution in [1.29, 1.82) is 0 Å². The number of hydrogen-bond acceptors (Lipinski definition) is 3. The van der Waals surface area contributed by atoms with Gasteiger partial charge in [0, 0.05) is 16.0 Å². The van der Waals surface area contributed by atoms with E-state index in [-0.39, 0.29) is 5.78 Å². The summed E-state index contributed by atoms with van der Waals surface area (Å²) in [6.07, 6.45) is 0. The van der Waals surface area contributed by atoms with Crippen LogP contribution in [0.25, 0.3) is 10.9 Å². The van der Waals surface area contributed by atoms with Crippen LogP contribution in [0.1, 0.15) is 16.1 Å². The largest absolute Gasteiger partial charge is 0.497 e. The molecule has 1 aromatic heterocycles. The minimum absolute atomic E-state index is 0.152. The van der Waals surface area contributed by atoms with Gasteiger partial charge in [0.2, 0.25) is 5.78 Å². The molecule has 0 aliphatic rings. The van der Waals surface area contributed by atoms with Crippen LogP contribution in [-0.4, -0.2) is 23.1 Å². The van der Waals surface area contributed by atoms with Gasteiger partial charge in [-0.25, -0.2) is 0 Å². The van der Waals surface area contributed by atoms with Crippen molar-refractivity contribution in [3.63, 3.8) is 0 Å². The van der Waals surface area contributed by atoms with Gasteiger partial charge in [0.05, 0.1) is 12.6 Å². The number of rotatable bonds is 3. The highest BCUT2D eigenvalue weighted by molar-refractivity contribution is 6.31. The first-order valence-electron chi connectivity index (χ1n) is 6.01. The highest BCUT2D eigenvalue weighted by Gasteiger charge is 2.16. The Kier molecular flexibility index (Phi) is 3.16. The number of methoxy groups -OCH3 is 1. The molecule has 5 heteroatoms. The van der Waals surface area contributed by atoms with Gasteiger partial charge in [-0.3, -0.25) is 9.89 Å². The van der Waals surface area contributed by atoms with Crippen LogP contribution in [0.2, 0.25) is 5.02 Å². The van der Waals surface area contributed by atoms with Gasteiger partial charge >= 0.3 is 0 Å². The zero-order valence-corrected chi connectivity index (χ0v) is 11.4. The third kappa shape index (κ3) is 2.14. The maximum Gasteiger partial charge on any atom is 0.213 e. The van der Waals surface area contributed by atoms with Gasteiger partial charge in [0.15, 0.2) is 0 Å². The average Bonchev–Trinajstić information content (AvgIpc) is 2.89. The van der Waals surface area contributed by atoms with Crippen molar-refractivity contribution < 1.29 is 9.53 Å². The van der Waals surface area contributed by atoms with Gasteiger partial charge in [0.25, 0.3) is 0 Å². The molecule has 4 nitrogen and oxygen atoms in total. The van der Waals surface area contributed by atoms with Crippen LogP contribution < -0.4 is 4.74 Å². The zero-order chi connectivity index (χ0) is 14.1. The van der Waals surface area contributed by atoms with Crippen LogP contribution in [0.5, 0.6) is 5.75 Å². The molecule has 3 aromatic rings. The van der Waals surface area contributed by atoms with Gasteiger partial charge in [-0.05, 0) is 42.5 Å². The summed E-state index contributed by atoms with van der Waals surface area (Å²) in [6, 6.07) is 12.2.